The fourth-order valence-corrected chi connectivity index (χ4v) is 4.76. The van der Waals surface area contributed by atoms with Crippen LogP contribution in [0.5, 0.6) is 0 Å². The first-order valence-electron chi connectivity index (χ1n) is 15.5. The minimum atomic E-state index is -3.62. The predicted octanol–water partition coefficient (Wildman–Crippen LogP) is 0.525. The van der Waals surface area contributed by atoms with Gasteiger partial charge in [0.25, 0.3) is 0 Å². The van der Waals surface area contributed by atoms with Crippen molar-refractivity contribution in [3.05, 3.63) is 47.4 Å². The molecule has 0 unspecified atom stereocenters. The number of aliphatic carboxylic acids is 1. The van der Waals surface area contributed by atoms with Gasteiger partial charge >= 0.3 is 12.1 Å². The van der Waals surface area contributed by atoms with Gasteiger partial charge in [0, 0.05) is 18.2 Å². The van der Waals surface area contributed by atoms with Crippen LogP contribution in [0.3, 0.4) is 0 Å². The standard InChI is InChI=1S/C31H49N7O9S/c1-6-20(4)26(29(43)35-22(17-24(39)40)14-16-48(5,45)46)37-27(41)23(13-10-15-34-30(32)33)36-28(42)25(19(2)3)38-31(44)47-18-21-11-8-7-9-12-21/h7-9,11-12,14,16,19-20,22-23,25-26H,6,10,13,15,17-18H2,1-5H3,(H,35,43)(H,36,42)(H,37,41)(H,38,44)(H,39,40)(H4,32,33,34)/b16-14+/t20-,22+,23-,25-,26-/m0/s1. The molecule has 4 amide bonds. The third-order valence-corrected chi connectivity index (χ3v) is 7.74. The molecule has 0 fully saturated rings. The lowest BCUT2D eigenvalue weighted by atomic mass is 9.96. The summed E-state index contributed by atoms with van der Waals surface area (Å²) in [6, 6.07) is 4.28. The smallest absolute Gasteiger partial charge is 0.408 e. The fraction of sp³-hybridized carbons (Fsp3) is 0.548. The number of rotatable bonds is 20. The molecule has 0 aromatic heterocycles. The zero-order chi connectivity index (χ0) is 36.4. The van der Waals surface area contributed by atoms with Crippen molar-refractivity contribution in [2.24, 2.45) is 28.3 Å². The van der Waals surface area contributed by atoms with Crippen molar-refractivity contribution in [1.29, 1.82) is 0 Å². The molecule has 0 bridgehead atoms. The van der Waals surface area contributed by atoms with Crippen LogP contribution >= 0.6 is 0 Å². The van der Waals surface area contributed by atoms with Crippen LogP contribution in [-0.4, -0.2) is 86.2 Å². The predicted molar refractivity (Wildman–Crippen MR) is 180 cm³/mol. The molecule has 17 heteroatoms. The zero-order valence-corrected chi connectivity index (χ0v) is 28.8. The van der Waals surface area contributed by atoms with Gasteiger partial charge in [-0.15, -0.1) is 0 Å². The van der Waals surface area contributed by atoms with Gasteiger partial charge in [0.05, 0.1) is 12.5 Å². The van der Waals surface area contributed by atoms with Crippen LogP contribution in [0.4, 0.5) is 4.79 Å². The van der Waals surface area contributed by atoms with Gasteiger partial charge in [0.15, 0.2) is 15.8 Å². The maximum absolute atomic E-state index is 13.6. The molecular formula is C31H49N7O9S. The average molecular weight is 696 g/mol. The topological polar surface area (TPSA) is 261 Å². The highest BCUT2D eigenvalue weighted by Gasteiger charge is 2.33. The van der Waals surface area contributed by atoms with Crippen molar-refractivity contribution >= 4 is 45.6 Å². The van der Waals surface area contributed by atoms with Gasteiger partial charge < -0.3 is 42.6 Å². The van der Waals surface area contributed by atoms with Crippen molar-refractivity contribution < 1.29 is 42.2 Å². The van der Waals surface area contributed by atoms with Crippen molar-refractivity contribution in [2.75, 3.05) is 12.8 Å². The largest absolute Gasteiger partial charge is 0.481 e. The van der Waals surface area contributed by atoms with Crippen molar-refractivity contribution in [1.82, 2.24) is 21.3 Å². The number of carboxylic acids is 1. The number of carboxylic acid groups (broad SMARTS) is 1. The molecule has 5 atom stereocenters. The monoisotopic (exact) mass is 695 g/mol. The SMILES string of the molecule is CC[C@H](C)[C@H](NC(=O)[C@H](CCCN=C(N)N)NC(=O)[C@@H](NC(=O)OCc1ccccc1)C(C)C)C(=O)N[C@H](/C=C/S(C)(=O)=O)CC(=O)O. The molecule has 1 aromatic rings. The van der Waals surface area contributed by atoms with Crippen LogP contribution in [0.1, 0.15) is 58.9 Å². The number of amides is 4. The van der Waals surface area contributed by atoms with Crippen LogP contribution in [-0.2, 0) is 40.4 Å². The minimum Gasteiger partial charge on any atom is -0.481 e. The summed E-state index contributed by atoms with van der Waals surface area (Å²) < 4.78 is 28.5. The summed E-state index contributed by atoms with van der Waals surface area (Å²) in [6.45, 7) is 6.98. The Labute approximate surface area is 281 Å². The summed E-state index contributed by atoms with van der Waals surface area (Å²) in [7, 11) is -3.62. The van der Waals surface area contributed by atoms with E-state index in [-0.39, 0.29) is 32.0 Å². The molecule has 0 saturated carbocycles. The van der Waals surface area contributed by atoms with E-state index in [2.05, 4.69) is 26.3 Å². The number of aliphatic imine (C=N–C) groups is 1. The quantitative estimate of drug-likeness (QED) is 0.0562. The Bertz CT molecular complexity index is 1400. The highest BCUT2D eigenvalue weighted by molar-refractivity contribution is 7.93. The van der Waals surface area contributed by atoms with E-state index in [1.807, 2.05) is 6.07 Å². The molecule has 0 spiro atoms. The molecule has 9 N–H and O–H groups in total. The number of nitrogens with two attached hydrogens (primary N) is 2. The van der Waals surface area contributed by atoms with Gasteiger partial charge in [-0.3, -0.25) is 24.2 Å². The maximum atomic E-state index is 13.6. The summed E-state index contributed by atoms with van der Waals surface area (Å²) in [5, 5.41) is 20.4. The number of carbonyl (C=O) groups is 5. The lowest BCUT2D eigenvalue weighted by Gasteiger charge is -2.29. The molecule has 268 valence electrons. The molecule has 0 aliphatic heterocycles. The third-order valence-electron chi connectivity index (χ3n) is 7.09. The van der Waals surface area contributed by atoms with Gasteiger partial charge in [0.2, 0.25) is 17.7 Å². The summed E-state index contributed by atoms with van der Waals surface area (Å²) in [6.07, 6.45) is 1.24. The van der Waals surface area contributed by atoms with E-state index in [4.69, 9.17) is 16.2 Å². The number of sulfone groups is 1. The number of carbonyl (C=O) groups excluding carboxylic acids is 4. The van der Waals surface area contributed by atoms with Crippen molar-refractivity contribution in [3.63, 3.8) is 0 Å². The first-order chi connectivity index (χ1) is 22.4. The highest BCUT2D eigenvalue weighted by Crippen LogP contribution is 2.12. The van der Waals surface area contributed by atoms with Gasteiger partial charge in [0.1, 0.15) is 24.7 Å². The van der Waals surface area contributed by atoms with Crippen LogP contribution < -0.4 is 32.7 Å². The van der Waals surface area contributed by atoms with Gasteiger partial charge in [-0.1, -0.05) is 70.5 Å². The van der Waals surface area contributed by atoms with E-state index in [0.717, 1.165) is 23.3 Å². The van der Waals surface area contributed by atoms with Crippen LogP contribution in [0.15, 0.2) is 46.8 Å². The lowest BCUT2D eigenvalue weighted by Crippen LogP contribution is -2.59. The number of nitrogens with zero attached hydrogens (tertiary/aromatic N) is 1. The molecule has 16 nitrogen and oxygen atoms in total. The number of hydrogen-bond acceptors (Lipinski definition) is 9. The molecule has 48 heavy (non-hydrogen) atoms. The van der Waals surface area contributed by atoms with E-state index in [0.29, 0.717) is 6.42 Å². The maximum Gasteiger partial charge on any atom is 0.408 e. The number of alkyl carbamates (subject to hydrolysis) is 1. The fourth-order valence-electron chi connectivity index (χ4n) is 4.28. The summed E-state index contributed by atoms with van der Waals surface area (Å²) in [5.74, 6) is -4.48. The molecule has 1 aromatic carbocycles. The molecule has 0 aliphatic carbocycles. The molecular weight excluding hydrogens is 646 g/mol. The number of nitrogens with one attached hydrogen (secondary N) is 4. The Balaban J connectivity index is 3.19. The molecule has 0 saturated heterocycles. The number of guanidine groups is 1. The number of ether oxygens (including phenoxy) is 1. The first kappa shape index (κ1) is 41.4. The van der Waals surface area contributed by atoms with Crippen LogP contribution in [0, 0.1) is 11.8 Å². The summed E-state index contributed by atoms with van der Waals surface area (Å²) in [5.41, 5.74) is 11.5. The van der Waals surface area contributed by atoms with E-state index in [1.54, 1.807) is 52.0 Å². The van der Waals surface area contributed by atoms with Gasteiger partial charge in [-0.25, -0.2) is 13.2 Å². The average Bonchev–Trinajstić information content (AvgIpc) is 3.00. The summed E-state index contributed by atoms with van der Waals surface area (Å²) >= 11 is 0. The Morgan fingerprint density at radius 3 is 2.10 bits per heavy atom. The molecule has 1 rings (SSSR count). The Kier molecular flexibility index (Phi) is 17.7. The first-order valence-corrected chi connectivity index (χ1v) is 17.4. The Hall–Kier alpha value is -4.67. The zero-order valence-electron chi connectivity index (χ0n) is 28.0. The van der Waals surface area contributed by atoms with E-state index >= 15 is 0 Å². The summed E-state index contributed by atoms with van der Waals surface area (Å²) in [4.78, 5) is 68.3. The van der Waals surface area contributed by atoms with E-state index < -0.39 is 82.0 Å². The normalized spacial score (nSPS) is 14.5. The Morgan fingerprint density at radius 1 is 0.938 bits per heavy atom. The van der Waals surface area contributed by atoms with Crippen LogP contribution in [0.2, 0.25) is 0 Å². The van der Waals surface area contributed by atoms with Crippen LogP contribution in [0.25, 0.3) is 0 Å². The molecule has 0 aliphatic rings. The second-order valence-corrected chi connectivity index (χ2v) is 13.6. The third kappa shape index (κ3) is 16.8. The Morgan fingerprint density at radius 2 is 1.56 bits per heavy atom. The lowest BCUT2D eigenvalue weighted by molar-refractivity contribution is -0.138. The van der Waals surface area contributed by atoms with E-state index in [9.17, 15) is 37.5 Å². The number of benzene rings is 1. The molecule has 0 heterocycles. The number of hydrogen-bond donors (Lipinski definition) is 7. The second-order valence-electron chi connectivity index (χ2n) is 11.7. The van der Waals surface area contributed by atoms with Gasteiger partial charge in [-0.2, -0.15) is 0 Å². The van der Waals surface area contributed by atoms with E-state index in [1.165, 1.54) is 0 Å². The molecule has 0 radical (unpaired) electrons. The van der Waals surface area contributed by atoms with Gasteiger partial charge in [-0.05, 0) is 30.2 Å². The van der Waals surface area contributed by atoms with Crippen molar-refractivity contribution in [3.8, 4) is 0 Å². The second kappa shape index (κ2) is 20.5. The van der Waals surface area contributed by atoms with Crippen molar-refractivity contribution in [2.45, 2.75) is 84.2 Å². The highest BCUT2D eigenvalue weighted by atomic mass is 32.2. The minimum absolute atomic E-state index is 0.0225.